The van der Waals surface area contributed by atoms with E-state index in [-0.39, 0.29) is 5.56 Å². The van der Waals surface area contributed by atoms with Crippen molar-refractivity contribution in [1.82, 2.24) is 9.97 Å². The summed E-state index contributed by atoms with van der Waals surface area (Å²) >= 11 is 0. The fraction of sp³-hybridized carbons (Fsp3) is 0.267. The summed E-state index contributed by atoms with van der Waals surface area (Å²) in [6, 6.07) is 5.72. The lowest BCUT2D eigenvalue weighted by atomic mass is 10.1. The van der Waals surface area contributed by atoms with Crippen LogP contribution in [0.4, 0.5) is 0 Å². The lowest BCUT2D eigenvalue weighted by molar-refractivity contribution is 0.0694. The van der Waals surface area contributed by atoms with E-state index in [4.69, 9.17) is 9.84 Å². The first-order valence-electron chi connectivity index (χ1n) is 6.17. The van der Waals surface area contributed by atoms with Crippen LogP contribution in [0.5, 0.6) is 5.75 Å². The molecular formula is C15H16N2O3. The SMILES string of the molecule is COc1cc(C)ccc1-c1nc(C)c(C(=O)O)c(C)n1. The number of aromatic carboxylic acids is 1. The van der Waals surface area contributed by atoms with Crippen LogP contribution in [0.3, 0.4) is 0 Å². The Morgan fingerprint density at radius 1 is 1.15 bits per heavy atom. The number of methoxy groups -OCH3 is 1. The number of hydrogen-bond donors (Lipinski definition) is 1. The van der Waals surface area contributed by atoms with Crippen molar-refractivity contribution in [3.05, 3.63) is 40.7 Å². The van der Waals surface area contributed by atoms with Crippen LogP contribution in [0.25, 0.3) is 11.4 Å². The summed E-state index contributed by atoms with van der Waals surface area (Å²) < 4.78 is 5.34. The Balaban J connectivity index is 2.63. The summed E-state index contributed by atoms with van der Waals surface area (Å²) in [4.78, 5) is 19.7. The average molecular weight is 272 g/mol. The number of aromatic nitrogens is 2. The van der Waals surface area contributed by atoms with E-state index in [2.05, 4.69) is 9.97 Å². The number of hydrogen-bond acceptors (Lipinski definition) is 4. The second kappa shape index (κ2) is 5.28. The second-order valence-corrected chi connectivity index (χ2v) is 4.60. The molecule has 1 N–H and O–H groups in total. The first-order chi connectivity index (χ1) is 9.43. The molecule has 0 saturated heterocycles. The molecule has 0 aliphatic rings. The first kappa shape index (κ1) is 14.0. The van der Waals surface area contributed by atoms with E-state index in [0.717, 1.165) is 11.1 Å². The highest BCUT2D eigenvalue weighted by Crippen LogP contribution is 2.29. The van der Waals surface area contributed by atoms with Gasteiger partial charge in [0, 0.05) is 0 Å². The van der Waals surface area contributed by atoms with Gasteiger partial charge in [-0.05, 0) is 38.5 Å². The monoisotopic (exact) mass is 272 g/mol. The number of carbonyl (C=O) groups is 1. The Morgan fingerprint density at radius 2 is 1.75 bits per heavy atom. The van der Waals surface area contributed by atoms with Crippen molar-refractivity contribution in [2.75, 3.05) is 7.11 Å². The zero-order valence-electron chi connectivity index (χ0n) is 11.9. The molecular weight excluding hydrogens is 256 g/mol. The molecule has 5 heteroatoms. The third kappa shape index (κ3) is 2.47. The van der Waals surface area contributed by atoms with E-state index >= 15 is 0 Å². The van der Waals surface area contributed by atoms with Gasteiger partial charge in [-0.2, -0.15) is 0 Å². The van der Waals surface area contributed by atoms with Gasteiger partial charge in [-0.15, -0.1) is 0 Å². The van der Waals surface area contributed by atoms with Gasteiger partial charge in [-0.25, -0.2) is 14.8 Å². The molecule has 1 aromatic heterocycles. The molecule has 5 nitrogen and oxygen atoms in total. The smallest absolute Gasteiger partial charge is 0.339 e. The van der Waals surface area contributed by atoms with Crippen molar-refractivity contribution in [2.45, 2.75) is 20.8 Å². The van der Waals surface area contributed by atoms with Gasteiger partial charge in [0.15, 0.2) is 5.82 Å². The molecule has 0 spiro atoms. The van der Waals surface area contributed by atoms with Crippen LogP contribution in [0, 0.1) is 20.8 Å². The van der Waals surface area contributed by atoms with E-state index in [0.29, 0.717) is 23.0 Å². The second-order valence-electron chi connectivity index (χ2n) is 4.60. The molecule has 0 bridgehead atoms. The maximum atomic E-state index is 11.2. The lowest BCUT2D eigenvalue weighted by Gasteiger charge is -2.11. The number of nitrogens with zero attached hydrogens (tertiary/aromatic N) is 2. The van der Waals surface area contributed by atoms with Crippen LogP contribution >= 0.6 is 0 Å². The van der Waals surface area contributed by atoms with E-state index in [9.17, 15) is 4.79 Å². The molecule has 2 aromatic rings. The highest BCUT2D eigenvalue weighted by Gasteiger charge is 2.17. The molecule has 0 radical (unpaired) electrons. The Kier molecular flexibility index (Phi) is 3.70. The zero-order chi connectivity index (χ0) is 14.9. The van der Waals surface area contributed by atoms with E-state index in [1.54, 1.807) is 21.0 Å². The third-order valence-electron chi connectivity index (χ3n) is 3.08. The molecule has 0 fully saturated rings. The van der Waals surface area contributed by atoms with E-state index in [1.807, 2.05) is 25.1 Å². The number of aryl methyl sites for hydroxylation is 3. The van der Waals surface area contributed by atoms with Crippen LogP contribution < -0.4 is 4.74 Å². The van der Waals surface area contributed by atoms with Gasteiger partial charge < -0.3 is 9.84 Å². The number of ether oxygens (including phenoxy) is 1. The van der Waals surface area contributed by atoms with Gasteiger partial charge in [0.25, 0.3) is 0 Å². The summed E-state index contributed by atoms with van der Waals surface area (Å²) in [6.07, 6.45) is 0. The van der Waals surface area contributed by atoms with Gasteiger partial charge in [0.2, 0.25) is 0 Å². The largest absolute Gasteiger partial charge is 0.496 e. The number of benzene rings is 1. The van der Waals surface area contributed by atoms with E-state index in [1.165, 1.54) is 0 Å². The normalized spacial score (nSPS) is 10.4. The number of rotatable bonds is 3. The Hall–Kier alpha value is -2.43. The summed E-state index contributed by atoms with van der Waals surface area (Å²) in [5.74, 6) is 0.135. The van der Waals surface area contributed by atoms with Crippen molar-refractivity contribution < 1.29 is 14.6 Å². The summed E-state index contributed by atoms with van der Waals surface area (Å²) in [7, 11) is 1.59. The van der Waals surface area contributed by atoms with Crippen molar-refractivity contribution in [2.24, 2.45) is 0 Å². The van der Waals surface area contributed by atoms with Crippen molar-refractivity contribution >= 4 is 5.97 Å². The fourth-order valence-electron chi connectivity index (χ4n) is 2.13. The summed E-state index contributed by atoms with van der Waals surface area (Å²) in [5.41, 5.74) is 2.87. The molecule has 104 valence electrons. The lowest BCUT2D eigenvalue weighted by Crippen LogP contribution is -2.08. The van der Waals surface area contributed by atoms with Gasteiger partial charge in [-0.1, -0.05) is 6.07 Å². The molecule has 2 rings (SSSR count). The standard InChI is InChI=1S/C15H16N2O3/c1-8-5-6-11(12(7-8)20-4)14-16-9(2)13(15(18)19)10(3)17-14/h5-7H,1-4H3,(H,18,19). The van der Waals surface area contributed by atoms with Gasteiger partial charge in [0.1, 0.15) is 11.3 Å². The molecule has 1 aromatic carbocycles. The first-order valence-corrected chi connectivity index (χ1v) is 6.17. The van der Waals surface area contributed by atoms with Crippen LogP contribution in [-0.4, -0.2) is 28.2 Å². The molecule has 0 aliphatic heterocycles. The average Bonchev–Trinajstić information content (AvgIpc) is 2.37. The maximum absolute atomic E-state index is 11.2. The maximum Gasteiger partial charge on any atom is 0.339 e. The molecule has 0 amide bonds. The highest BCUT2D eigenvalue weighted by atomic mass is 16.5. The van der Waals surface area contributed by atoms with Gasteiger partial charge in [-0.3, -0.25) is 0 Å². The predicted molar refractivity (Wildman–Crippen MR) is 75.2 cm³/mol. The van der Waals surface area contributed by atoms with Gasteiger partial charge in [0.05, 0.1) is 24.1 Å². The number of carboxylic acids is 1. The van der Waals surface area contributed by atoms with Crippen LogP contribution in [0.15, 0.2) is 18.2 Å². The van der Waals surface area contributed by atoms with Crippen LogP contribution in [-0.2, 0) is 0 Å². The minimum absolute atomic E-state index is 0.153. The van der Waals surface area contributed by atoms with E-state index < -0.39 is 5.97 Å². The molecule has 0 saturated carbocycles. The highest BCUT2D eigenvalue weighted by molar-refractivity contribution is 5.90. The Labute approximate surface area is 117 Å². The van der Waals surface area contributed by atoms with Crippen molar-refractivity contribution in [1.29, 1.82) is 0 Å². The third-order valence-corrected chi connectivity index (χ3v) is 3.08. The zero-order valence-corrected chi connectivity index (χ0v) is 11.9. The molecule has 0 unspecified atom stereocenters. The quantitative estimate of drug-likeness (QED) is 0.930. The minimum Gasteiger partial charge on any atom is -0.496 e. The van der Waals surface area contributed by atoms with Crippen molar-refractivity contribution in [3.63, 3.8) is 0 Å². The number of carboxylic acid groups (broad SMARTS) is 1. The minimum atomic E-state index is -1.01. The molecule has 20 heavy (non-hydrogen) atoms. The summed E-state index contributed by atoms with van der Waals surface area (Å²) in [5, 5.41) is 9.14. The predicted octanol–water partition coefficient (Wildman–Crippen LogP) is 2.78. The molecule has 0 atom stereocenters. The van der Waals surface area contributed by atoms with Crippen molar-refractivity contribution in [3.8, 4) is 17.1 Å². The van der Waals surface area contributed by atoms with Gasteiger partial charge >= 0.3 is 5.97 Å². The fourth-order valence-corrected chi connectivity index (χ4v) is 2.13. The molecule has 0 aliphatic carbocycles. The van der Waals surface area contributed by atoms with Crippen LogP contribution in [0.2, 0.25) is 0 Å². The summed E-state index contributed by atoms with van der Waals surface area (Å²) in [6.45, 7) is 5.31. The Morgan fingerprint density at radius 3 is 2.25 bits per heavy atom. The Bertz CT molecular complexity index is 658. The topological polar surface area (TPSA) is 72.3 Å². The molecule has 1 heterocycles. The van der Waals surface area contributed by atoms with Crippen LogP contribution in [0.1, 0.15) is 27.3 Å².